The van der Waals surface area contributed by atoms with E-state index in [1.165, 1.54) is 31.3 Å². The standard InChI is InChI=1S/C26H31ClN2O6/c1-6-12-35-17-9-7-8-16(13-17)23-22(25(31)26(32)29(23)11-10-28(2)3)24(30)18-14-19(27)21(34-5)15-20(18)33-4/h7-9,13-15,23,30H,6,10-12H2,1-5H3/b24-22+. The molecule has 1 N–H and O–H groups in total. The molecule has 1 amide bonds. The normalized spacial score (nSPS) is 17.2. The first-order chi connectivity index (χ1) is 16.7. The van der Waals surface area contributed by atoms with Gasteiger partial charge in [0.15, 0.2) is 0 Å². The van der Waals surface area contributed by atoms with E-state index in [1.54, 1.807) is 12.1 Å². The number of carbonyl (C=O) groups is 2. The van der Waals surface area contributed by atoms with E-state index in [4.69, 9.17) is 25.8 Å². The third kappa shape index (κ3) is 5.55. The van der Waals surface area contributed by atoms with Crippen LogP contribution in [0, 0.1) is 0 Å². The third-order valence-corrected chi connectivity index (χ3v) is 6.00. The second-order valence-electron chi connectivity index (χ2n) is 8.40. The van der Waals surface area contributed by atoms with Gasteiger partial charge in [-0.15, -0.1) is 0 Å². The molecule has 8 nitrogen and oxygen atoms in total. The number of benzene rings is 2. The maximum Gasteiger partial charge on any atom is 0.295 e. The summed E-state index contributed by atoms with van der Waals surface area (Å²) < 4.78 is 16.4. The van der Waals surface area contributed by atoms with Gasteiger partial charge in [-0.1, -0.05) is 30.7 Å². The van der Waals surface area contributed by atoms with Gasteiger partial charge < -0.3 is 29.1 Å². The Hall–Kier alpha value is -3.23. The minimum atomic E-state index is -0.814. The molecule has 0 bridgehead atoms. The zero-order valence-electron chi connectivity index (χ0n) is 20.6. The predicted octanol–water partition coefficient (Wildman–Crippen LogP) is 4.13. The zero-order valence-corrected chi connectivity index (χ0v) is 21.4. The average molecular weight is 503 g/mol. The molecule has 0 spiro atoms. The number of nitrogens with zero attached hydrogens (tertiary/aromatic N) is 2. The van der Waals surface area contributed by atoms with Crippen molar-refractivity contribution < 1.29 is 28.9 Å². The molecule has 35 heavy (non-hydrogen) atoms. The van der Waals surface area contributed by atoms with Crippen molar-refractivity contribution in [2.45, 2.75) is 19.4 Å². The van der Waals surface area contributed by atoms with Gasteiger partial charge in [0.05, 0.1) is 43.0 Å². The lowest BCUT2D eigenvalue weighted by molar-refractivity contribution is -0.140. The lowest BCUT2D eigenvalue weighted by Gasteiger charge is -2.27. The molecule has 2 aromatic rings. The van der Waals surface area contributed by atoms with Crippen molar-refractivity contribution in [2.24, 2.45) is 0 Å². The Balaban J connectivity index is 2.21. The molecule has 1 atom stereocenters. The largest absolute Gasteiger partial charge is 0.507 e. The van der Waals surface area contributed by atoms with Crippen molar-refractivity contribution in [3.63, 3.8) is 0 Å². The highest BCUT2D eigenvalue weighted by atomic mass is 35.5. The summed E-state index contributed by atoms with van der Waals surface area (Å²) in [6, 6.07) is 9.39. The highest BCUT2D eigenvalue weighted by Gasteiger charge is 2.46. The Bertz CT molecular complexity index is 1130. The summed E-state index contributed by atoms with van der Waals surface area (Å²) in [6.45, 7) is 3.37. The van der Waals surface area contributed by atoms with Gasteiger partial charge in [-0.3, -0.25) is 9.59 Å². The molecule has 0 radical (unpaired) electrons. The Morgan fingerprint density at radius 1 is 1.11 bits per heavy atom. The van der Waals surface area contributed by atoms with Crippen LogP contribution in [0.2, 0.25) is 5.02 Å². The first kappa shape index (κ1) is 26.4. The molecule has 1 saturated heterocycles. The number of methoxy groups -OCH3 is 2. The Morgan fingerprint density at radius 3 is 2.46 bits per heavy atom. The van der Waals surface area contributed by atoms with Crippen LogP contribution in [0.3, 0.4) is 0 Å². The van der Waals surface area contributed by atoms with Crippen molar-refractivity contribution in [2.75, 3.05) is 48.0 Å². The lowest BCUT2D eigenvalue weighted by Crippen LogP contribution is -2.35. The number of hydrogen-bond donors (Lipinski definition) is 1. The van der Waals surface area contributed by atoms with E-state index in [0.717, 1.165) is 6.42 Å². The molecule has 1 aliphatic rings. The molecule has 0 aliphatic carbocycles. The highest BCUT2D eigenvalue weighted by molar-refractivity contribution is 6.46. The number of Topliss-reactive ketones (excluding diaryl/α,β-unsaturated/α-hetero) is 1. The van der Waals surface area contributed by atoms with E-state index in [0.29, 0.717) is 36.8 Å². The SMILES string of the molecule is CCCOc1cccc(C2/C(=C(\O)c3cc(Cl)c(OC)cc3OC)C(=O)C(=O)N2CCN(C)C)c1. The molecule has 1 unspecified atom stereocenters. The average Bonchev–Trinajstić information content (AvgIpc) is 3.10. The van der Waals surface area contributed by atoms with Crippen LogP contribution >= 0.6 is 11.6 Å². The molecule has 3 rings (SSSR count). The smallest absolute Gasteiger partial charge is 0.295 e. The van der Waals surface area contributed by atoms with Crippen LogP contribution in [-0.2, 0) is 9.59 Å². The zero-order chi connectivity index (χ0) is 25.7. The molecule has 0 saturated carbocycles. The molecule has 0 aromatic heterocycles. The van der Waals surface area contributed by atoms with Crippen molar-refractivity contribution in [1.82, 2.24) is 9.80 Å². The van der Waals surface area contributed by atoms with Crippen molar-refractivity contribution in [1.29, 1.82) is 0 Å². The summed E-state index contributed by atoms with van der Waals surface area (Å²) in [5.74, 6) is -0.613. The summed E-state index contributed by atoms with van der Waals surface area (Å²) in [5, 5.41) is 11.6. The van der Waals surface area contributed by atoms with E-state index in [-0.39, 0.29) is 27.7 Å². The van der Waals surface area contributed by atoms with Crippen LogP contribution in [-0.4, -0.2) is 74.6 Å². The third-order valence-electron chi connectivity index (χ3n) is 5.70. The van der Waals surface area contributed by atoms with Crippen LogP contribution in [0.15, 0.2) is 42.0 Å². The molecule has 1 aliphatic heterocycles. The minimum absolute atomic E-state index is 0.0408. The molecule has 2 aromatic carbocycles. The van der Waals surface area contributed by atoms with Crippen molar-refractivity contribution >= 4 is 29.1 Å². The number of amides is 1. The van der Waals surface area contributed by atoms with Crippen molar-refractivity contribution in [3.05, 3.63) is 58.1 Å². The quantitative estimate of drug-likeness (QED) is 0.297. The van der Waals surface area contributed by atoms with E-state index in [1.807, 2.05) is 38.1 Å². The molecule has 9 heteroatoms. The minimum Gasteiger partial charge on any atom is -0.507 e. The first-order valence-electron chi connectivity index (χ1n) is 11.3. The highest BCUT2D eigenvalue weighted by Crippen LogP contribution is 2.43. The number of hydrogen-bond acceptors (Lipinski definition) is 7. The van der Waals surface area contributed by atoms with Crippen LogP contribution in [0.5, 0.6) is 17.2 Å². The number of ether oxygens (including phenoxy) is 3. The van der Waals surface area contributed by atoms with Crippen LogP contribution in [0.25, 0.3) is 5.76 Å². The van der Waals surface area contributed by atoms with Crippen LogP contribution in [0.1, 0.15) is 30.5 Å². The number of likely N-dealkylation sites (tertiary alicyclic amines) is 1. The number of likely N-dealkylation sites (N-methyl/N-ethyl adjacent to an activating group) is 1. The van der Waals surface area contributed by atoms with Gasteiger partial charge in [0.2, 0.25) is 0 Å². The second-order valence-corrected chi connectivity index (χ2v) is 8.81. The van der Waals surface area contributed by atoms with E-state index in [9.17, 15) is 14.7 Å². The fourth-order valence-corrected chi connectivity index (χ4v) is 4.19. The van der Waals surface area contributed by atoms with E-state index >= 15 is 0 Å². The van der Waals surface area contributed by atoms with Gasteiger partial charge in [-0.05, 0) is 44.3 Å². The summed E-state index contributed by atoms with van der Waals surface area (Å²) in [7, 11) is 6.66. The van der Waals surface area contributed by atoms with Gasteiger partial charge in [0.25, 0.3) is 11.7 Å². The monoisotopic (exact) mass is 502 g/mol. The number of carbonyl (C=O) groups excluding carboxylic acids is 2. The van der Waals surface area contributed by atoms with Crippen LogP contribution in [0.4, 0.5) is 0 Å². The van der Waals surface area contributed by atoms with Gasteiger partial charge in [0, 0.05) is 19.2 Å². The summed E-state index contributed by atoms with van der Waals surface area (Å²) in [4.78, 5) is 29.8. The van der Waals surface area contributed by atoms with E-state index < -0.39 is 17.7 Å². The number of halogens is 1. The van der Waals surface area contributed by atoms with E-state index in [2.05, 4.69) is 0 Å². The number of aliphatic hydroxyl groups excluding tert-OH is 1. The number of rotatable bonds is 10. The summed E-state index contributed by atoms with van der Waals surface area (Å²) in [5.41, 5.74) is 0.796. The first-order valence-corrected chi connectivity index (χ1v) is 11.7. The lowest BCUT2D eigenvalue weighted by atomic mass is 9.94. The van der Waals surface area contributed by atoms with Gasteiger partial charge in [0.1, 0.15) is 23.0 Å². The molecular formula is C26H31ClN2O6. The molecule has 1 fully saturated rings. The number of ketones is 1. The fourth-order valence-electron chi connectivity index (χ4n) is 3.95. The maximum atomic E-state index is 13.3. The van der Waals surface area contributed by atoms with Crippen molar-refractivity contribution in [3.8, 4) is 17.2 Å². The fraction of sp³-hybridized carbons (Fsp3) is 0.385. The number of aliphatic hydroxyl groups is 1. The summed E-state index contributed by atoms with van der Waals surface area (Å²) >= 11 is 6.31. The van der Waals surface area contributed by atoms with Crippen LogP contribution < -0.4 is 14.2 Å². The Morgan fingerprint density at radius 2 is 1.83 bits per heavy atom. The Kier molecular flexibility index (Phi) is 8.64. The molecule has 1 heterocycles. The molecule has 188 valence electrons. The van der Waals surface area contributed by atoms with Gasteiger partial charge in [-0.25, -0.2) is 0 Å². The predicted molar refractivity (Wildman–Crippen MR) is 134 cm³/mol. The molecular weight excluding hydrogens is 472 g/mol. The van der Waals surface area contributed by atoms with Gasteiger partial charge in [-0.2, -0.15) is 0 Å². The maximum absolute atomic E-state index is 13.3. The summed E-state index contributed by atoms with van der Waals surface area (Å²) in [6.07, 6.45) is 0.837. The Labute approximate surface area is 210 Å². The topological polar surface area (TPSA) is 88.5 Å². The second kappa shape index (κ2) is 11.5. The van der Waals surface area contributed by atoms with Gasteiger partial charge >= 0.3 is 0 Å².